The highest BCUT2D eigenvalue weighted by Gasteiger charge is 2.43. The van der Waals surface area contributed by atoms with Crippen molar-refractivity contribution in [1.29, 1.82) is 0 Å². The Labute approximate surface area is 159 Å². The van der Waals surface area contributed by atoms with Crippen molar-refractivity contribution in [3.8, 4) is 0 Å². The lowest BCUT2D eigenvalue weighted by Gasteiger charge is -2.29. The average Bonchev–Trinajstić information content (AvgIpc) is 2.96. The molecule has 2 aromatic rings. The van der Waals surface area contributed by atoms with Crippen LogP contribution in [0.1, 0.15) is 34.0 Å². The Morgan fingerprint density at radius 3 is 2.46 bits per heavy atom. The first-order chi connectivity index (χ1) is 13.3. The average molecular weight is 385 g/mol. The van der Waals surface area contributed by atoms with Gasteiger partial charge in [-0.2, -0.15) is 0 Å². The van der Waals surface area contributed by atoms with E-state index in [0.717, 1.165) is 6.07 Å². The second-order valence-corrected chi connectivity index (χ2v) is 7.09. The third-order valence-electron chi connectivity index (χ3n) is 5.33. The minimum Gasteiger partial charge on any atom is -0.334 e. The molecule has 2 N–H and O–H groups in total. The molecule has 0 aliphatic carbocycles. The summed E-state index contributed by atoms with van der Waals surface area (Å²) in [7, 11) is 0. The fraction of sp³-hybridized carbons (Fsp3) is 0.250. The zero-order valence-corrected chi connectivity index (χ0v) is 15.0. The van der Waals surface area contributed by atoms with E-state index in [2.05, 4.69) is 10.6 Å². The molecule has 2 heterocycles. The van der Waals surface area contributed by atoms with Crippen LogP contribution in [0.4, 0.5) is 13.6 Å². The van der Waals surface area contributed by atoms with Crippen molar-refractivity contribution >= 4 is 17.8 Å². The predicted molar refractivity (Wildman–Crippen MR) is 95.3 cm³/mol. The molecule has 28 heavy (non-hydrogen) atoms. The van der Waals surface area contributed by atoms with E-state index in [-0.39, 0.29) is 18.0 Å². The number of hydrogen-bond donors (Lipinski definition) is 2. The van der Waals surface area contributed by atoms with Crippen molar-refractivity contribution < 1.29 is 23.2 Å². The van der Waals surface area contributed by atoms with Crippen molar-refractivity contribution in [2.45, 2.75) is 25.4 Å². The first kappa shape index (κ1) is 18.1. The van der Waals surface area contributed by atoms with Gasteiger partial charge in [-0.05, 0) is 42.7 Å². The van der Waals surface area contributed by atoms with Crippen LogP contribution in [0, 0.1) is 11.6 Å². The molecular formula is C20H17F2N3O3. The maximum absolute atomic E-state index is 14.1. The van der Waals surface area contributed by atoms with Gasteiger partial charge in [0.05, 0.1) is 0 Å². The zero-order chi connectivity index (χ0) is 20.1. The van der Waals surface area contributed by atoms with Gasteiger partial charge in [0.15, 0.2) is 11.6 Å². The molecule has 2 aromatic carbocycles. The molecule has 0 saturated carbocycles. The Balaban J connectivity index is 1.55. The van der Waals surface area contributed by atoms with E-state index in [4.69, 9.17) is 0 Å². The topological polar surface area (TPSA) is 78.5 Å². The van der Waals surface area contributed by atoms with Crippen molar-refractivity contribution in [2.75, 3.05) is 6.54 Å². The Kier molecular flexibility index (Phi) is 4.14. The third-order valence-corrected chi connectivity index (χ3v) is 5.33. The number of hydrogen-bond acceptors (Lipinski definition) is 3. The molecule has 144 valence electrons. The van der Waals surface area contributed by atoms with Crippen LogP contribution in [0.15, 0.2) is 36.4 Å². The van der Waals surface area contributed by atoms with Crippen LogP contribution in [0.5, 0.6) is 0 Å². The molecule has 0 spiro atoms. The number of urea groups is 1. The van der Waals surface area contributed by atoms with Crippen LogP contribution in [-0.2, 0) is 23.3 Å². The van der Waals surface area contributed by atoms with E-state index in [1.807, 2.05) is 0 Å². The summed E-state index contributed by atoms with van der Waals surface area (Å²) in [4.78, 5) is 37.7. The number of benzene rings is 2. The lowest BCUT2D eigenvalue weighted by atomic mass is 9.91. The van der Waals surface area contributed by atoms with Gasteiger partial charge >= 0.3 is 6.03 Å². The molecule has 1 unspecified atom stereocenters. The number of carbonyl (C=O) groups excluding carboxylic acids is 3. The third kappa shape index (κ3) is 2.81. The minimum atomic E-state index is -1.20. The maximum Gasteiger partial charge on any atom is 0.322 e. The molecule has 2 aliphatic rings. The number of fused-ring (bicyclic) bond motifs is 1. The van der Waals surface area contributed by atoms with Crippen LogP contribution >= 0.6 is 0 Å². The highest BCUT2D eigenvalue weighted by atomic mass is 19.2. The normalized spacial score (nSPS) is 21.2. The number of nitrogens with zero attached hydrogens (tertiary/aromatic N) is 1. The van der Waals surface area contributed by atoms with Gasteiger partial charge in [-0.25, -0.2) is 13.6 Å². The quantitative estimate of drug-likeness (QED) is 0.778. The highest BCUT2D eigenvalue weighted by Crippen LogP contribution is 2.27. The summed E-state index contributed by atoms with van der Waals surface area (Å²) in [6.07, 6.45) is 0.445. The van der Waals surface area contributed by atoms with Gasteiger partial charge in [-0.1, -0.05) is 18.2 Å². The number of amides is 4. The van der Waals surface area contributed by atoms with E-state index in [0.29, 0.717) is 29.7 Å². The van der Waals surface area contributed by atoms with Gasteiger partial charge in [0, 0.05) is 24.2 Å². The standard InChI is InChI=1S/C20H17F2N3O3/c1-20(18(27)23-19(28)24-20)13-5-2-12(3-6-13)17(26)25-9-8-11-4-7-15(21)16(22)14(11)10-25/h2-7H,8-10H2,1H3,(H2,23,24,27,28). The lowest BCUT2D eigenvalue weighted by Crippen LogP contribution is -2.40. The summed E-state index contributed by atoms with van der Waals surface area (Å²) in [6.45, 7) is 1.97. The summed E-state index contributed by atoms with van der Waals surface area (Å²) >= 11 is 0. The molecule has 0 radical (unpaired) electrons. The fourth-order valence-electron chi connectivity index (χ4n) is 3.61. The molecule has 0 bridgehead atoms. The Hall–Kier alpha value is -3.29. The van der Waals surface area contributed by atoms with Gasteiger partial charge < -0.3 is 10.2 Å². The van der Waals surface area contributed by atoms with Gasteiger partial charge in [0.25, 0.3) is 11.8 Å². The molecule has 1 atom stereocenters. The SMILES string of the molecule is CC1(c2ccc(C(=O)N3CCc4ccc(F)c(F)c4C3)cc2)NC(=O)NC1=O. The van der Waals surface area contributed by atoms with Crippen molar-refractivity contribution in [2.24, 2.45) is 0 Å². The second-order valence-electron chi connectivity index (χ2n) is 7.09. The van der Waals surface area contributed by atoms with Gasteiger partial charge in [0.1, 0.15) is 5.54 Å². The number of carbonyl (C=O) groups is 3. The van der Waals surface area contributed by atoms with Crippen LogP contribution in [-0.4, -0.2) is 29.3 Å². The maximum atomic E-state index is 14.1. The smallest absolute Gasteiger partial charge is 0.322 e. The highest BCUT2D eigenvalue weighted by molar-refractivity contribution is 6.07. The van der Waals surface area contributed by atoms with Crippen LogP contribution in [0.2, 0.25) is 0 Å². The summed E-state index contributed by atoms with van der Waals surface area (Å²) in [6, 6.07) is 8.37. The van der Waals surface area contributed by atoms with Crippen molar-refractivity contribution in [3.05, 3.63) is 70.3 Å². The van der Waals surface area contributed by atoms with Crippen LogP contribution in [0.25, 0.3) is 0 Å². The Morgan fingerprint density at radius 2 is 1.82 bits per heavy atom. The molecule has 6 nitrogen and oxygen atoms in total. The largest absolute Gasteiger partial charge is 0.334 e. The molecule has 0 aromatic heterocycles. The number of halogens is 2. The number of imide groups is 1. The van der Waals surface area contributed by atoms with Gasteiger partial charge in [-0.3, -0.25) is 14.9 Å². The van der Waals surface area contributed by atoms with Crippen LogP contribution < -0.4 is 10.6 Å². The first-order valence-electron chi connectivity index (χ1n) is 8.79. The summed E-state index contributed by atoms with van der Waals surface area (Å²) < 4.78 is 27.6. The number of nitrogens with one attached hydrogen (secondary N) is 2. The van der Waals surface area contributed by atoms with E-state index in [9.17, 15) is 23.2 Å². The molecule has 8 heteroatoms. The molecule has 1 saturated heterocycles. The molecule has 4 amide bonds. The second kappa shape index (κ2) is 6.40. The van der Waals surface area contributed by atoms with Gasteiger partial charge in [0.2, 0.25) is 0 Å². The molecule has 1 fully saturated rings. The number of rotatable bonds is 2. The monoisotopic (exact) mass is 385 g/mol. The van der Waals surface area contributed by atoms with E-state index in [1.165, 1.54) is 4.90 Å². The Bertz CT molecular complexity index is 1010. The van der Waals surface area contributed by atoms with Crippen LogP contribution in [0.3, 0.4) is 0 Å². The fourth-order valence-corrected chi connectivity index (χ4v) is 3.61. The van der Waals surface area contributed by atoms with E-state index >= 15 is 0 Å². The van der Waals surface area contributed by atoms with E-state index < -0.39 is 29.1 Å². The predicted octanol–water partition coefficient (Wildman–Crippen LogP) is 2.22. The van der Waals surface area contributed by atoms with E-state index in [1.54, 1.807) is 37.3 Å². The summed E-state index contributed by atoms with van der Waals surface area (Å²) in [5.74, 6) is -2.63. The lowest BCUT2D eigenvalue weighted by molar-refractivity contribution is -0.123. The van der Waals surface area contributed by atoms with Gasteiger partial charge in [-0.15, -0.1) is 0 Å². The zero-order valence-electron chi connectivity index (χ0n) is 15.0. The first-order valence-corrected chi connectivity index (χ1v) is 8.79. The molecular weight excluding hydrogens is 368 g/mol. The summed E-state index contributed by atoms with van der Waals surface area (Å²) in [5, 5.41) is 4.74. The summed E-state index contributed by atoms with van der Waals surface area (Å²) in [5.41, 5.74) is 0.591. The molecule has 4 rings (SSSR count). The Morgan fingerprint density at radius 1 is 1.11 bits per heavy atom. The van der Waals surface area contributed by atoms with Crippen molar-refractivity contribution in [3.63, 3.8) is 0 Å². The minimum absolute atomic E-state index is 0.00428. The van der Waals surface area contributed by atoms with Crippen molar-refractivity contribution in [1.82, 2.24) is 15.5 Å². The molecule has 2 aliphatic heterocycles.